The van der Waals surface area contributed by atoms with Gasteiger partial charge in [-0.15, -0.1) is 11.3 Å². The van der Waals surface area contributed by atoms with Crippen LogP contribution in [-0.4, -0.2) is 38.5 Å². The van der Waals surface area contributed by atoms with Crippen LogP contribution in [0.4, 0.5) is 0 Å². The van der Waals surface area contributed by atoms with Crippen LogP contribution < -0.4 is 10.0 Å². The second-order valence-electron chi connectivity index (χ2n) is 4.46. The van der Waals surface area contributed by atoms with Crippen LogP contribution in [0.25, 0.3) is 0 Å². The van der Waals surface area contributed by atoms with E-state index in [1.165, 1.54) is 6.07 Å². The van der Waals surface area contributed by atoms with Crippen molar-refractivity contribution in [3.63, 3.8) is 0 Å². The van der Waals surface area contributed by atoms with Crippen molar-refractivity contribution in [2.45, 2.75) is 24.0 Å². The van der Waals surface area contributed by atoms with Crippen molar-refractivity contribution in [2.24, 2.45) is 5.92 Å². The predicted molar refractivity (Wildman–Crippen MR) is 78.6 cm³/mol. The van der Waals surface area contributed by atoms with E-state index in [9.17, 15) is 18.0 Å². The topological polar surface area (TPSA) is 113 Å². The number of aliphatic carboxylic acids is 1. The van der Waals surface area contributed by atoms with Crippen molar-refractivity contribution in [3.8, 4) is 0 Å². The van der Waals surface area contributed by atoms with Gasteiger partial charge >= 0.3 is 5.97 Å². The number of hydrogen-bond acceptors (Lipinski definition) is 5. The number of carbonyl (C=O) groups is 2. The maximum atomic E-state index is 11.8. The van der Waals surface area contributed by atoms with Gasteiger partial charge in [0.25, 0.3) is 0 Å². The fraction of sp³-hybridized carbons (Fsp3) is 0.500. The highest BCUT2D eigenvalue weighted by molar-refractivity contribution is 7.91. The van der Waals surface area contributed by atoms with Crippen LogP contribution in [0.5, 0.6) is 0 Å². The number of amides is 1. The minimum Gasteiger partial charge on any atom is -0.481 e. The number of hydrogen-bond donors (Lipinski definition) is 3. The SMILES string of the molecule is CC(CCNC(=O)CCNS(=O)(=O)c1cccs1)C(=O)O. The molecule has 0 fully saturated rings. The predicted octanol–water partition coefficient (Wildman–Crippen LogP) is 0.643. The molecule has 118 valence electrons. The lowest BCUT2D eigenvalue weighted by atomic mass is 10.1. The van der Waals surface area contributed by atoms with E-state index < -0.39 is 21.9 Å². The number of carbonyl (C=O) groups excluding carboxylic acids is 1. The zero-order chi connectivity index (χ0) is 15.9. The van der Waals surface area contributed by atoms with Gasteiger partial charge in [-0.1, -0.05) is 13.0 Å². The van der Waals surface area contributed by atoms with Crippen molar-refractivity contribution in [3.05, 3.63) is 17.5 Å². The van der Waals surface area contributed by atoms with Crippen LogP contribution in [-0.2, 0) is 19.6 Å². The van der Waals surface area contributed by atoms with Crippen molar-refractivity contribution in [1.29, 1.82) is 0 Å². The molecule has 21 heavy (non-hydrogen) atoms. The Balaban J connectivity index is 2.24. The van der Waals surface area contributed by atoms with Gasteiger partial charge in [0.05, 0.1) is 5.92 Å². The van der Waals surface area contributed by atoms with Crippen LogP contribution in [0.3, 0.4) is 0 Å². The van der Waals surface area contributed by atoms with Crippen molar-refractivity contribution in [1.82, 2.24) is 10.0 Å². The first-order valence-electron chi connectivity index (χ1n) is 6.35. The van der Waals surface area contributed by atoms with Crippen LogP contribution in [0.15, 0.2) is 21.7 Å². The summed E-state index contributed by atoms with van der Waals surface area (Å²) in [5.74, 6) is -1.75. The molecule has 0 spiro atoms. The average molecular weight is 334 g/mol. The second-order valence-corrected chi connectivity index (χ2v) is 7.40. The molecular weight excluding hydrogens is 316 g/mol. The Morgan fingerprint density at radius 2 is 2.10 bits per heavy atom. The molecule has 1 unspecified atom stereocenters. The lowest BCUT2D eigenvalue weighted by molar-refractivity contribution is -0.141. The van der Waals surface area contributed by atoms with Gasteiger partial charge in [0.15, 0.2) is 0 Å². The highest BCUT2D eigenvalue weighted by atomic mass is 32.2. The fourth-order valence-corrected chi connectivity index (χ4v) is 3.50. The van der Waals surface area contributed by atoms with Gasteiger partial charge in [0, 0.05) is 19.5 Å². The van der Waals surface area contributed by atoms with E-state index in [-0.39, 0.29) is 29.6 Å². The molecule has 0 bridgehead atoms. The summed E-state index contributed by atoms with van der Waals surface area (Å²) in [7, 11) is -3.55. The molecule has 1 rings (SSSR count). The average Bonchev–Trinajstić information content (AvgIpc) is 2.92. The molecule has 1 heterocycles. The molecule has 0 saturated carbocycles. The van der Waals surface area contributed by atoms with E-state index in [1.807, 2.05) is 0 Å². The van der Waals surface area contributed by atoms with Gasteiger partial charge in [-0.25, -0.2) is 13.1 Å². The molecule has 0 radical (unpaired) electrons. The van der Waals surface area contributed by atoms with E-state index >= 15 is 0 Å². The summed E-state index contributed by atoms with van der Waals surface area (Å²) in [6, 6.07) is 3.12. The highest BCUT2D eigenvalue weighted by Crippen LogP contribution is 2.14. The normalized spacial score (nSPS) is 12.8. The quantitative estimate of drug-likeness (QED) is 0.613. The van der Waals surface area contributed by atoms with Crippen LogP contribution in [0.2, 0.25) is 0 Å². The van der Waals surface area contributed by atoms with Crippen LogP contribution in [0, 0.1) is 5.92 Å². The zero-order valence-corrected chi connectivity index (χ0v) is 13.2. The summed E-state index contributed by atoms with van der Waals surface area (Å²) >= 11 is 1.10. The summed E-state index contributed by atoms with van der Waals surface area (Å²) in [6.07, 6.45) is 0.341. The lowest BCUT2D eigenvalue weighted by Gasteiger charge is -2.08. The Labute approximate surface area is 127 Å². The van der Waals surface area contributed by atoms with Gasteiger partial charge in [-0.3, -0.25) is 9.59 Å². The Kier molecular flexibility index (Phi) is 6.79. The molecule has 1 aromatic rings. The van der Waals surface area contributed by atoms with Crippen LogP contribution in [0.1, 0.15) is 19.8 Å². The molecule has 0 saturated heterocycles. The first-order chi connectivity index (χ1) is 9.83. The molecule has 9 heteroatoms. The first-order valence-corrected chi connectivity index (χ1v) is 8.72. The number of carboxylic acid groups (broad SMARTS) is 1. The highest BCUT2D eigenvalue weighted by Gasteiger charge is 2.15. The Morgan fingerprint density at radius 3 is 2.67 bits per heavy atom. The molecule has 1 amide bonds. The fourth-order valence-electron chi connectivity index (χ4n) is 1.43. The van der Waals surface area contributed by atoms with E-state index in [1.54, 1.807) is 18.4 Å². The maximum Gasteiger partial charge on any atom is 0.306 e. The second kappa shape index (κ2) is 8.11. The molecular formula is C12H18N2O5S2. The van der Waals surface area contributed by atoms with Crippen molar-refractivity contribution < 1.29 is 23.1 Å². The molecule has 3 N–H and O–H groups in total. The summed E-state index contributed by atoms with van der Waals surface area (Å²) in [4.78, 5) is 22.1. The van der Waals surface area contributed by atoms with Crippen molar-refractivity contribution in [2.75, 3.05) is 13.1 Å². The summed E-state index contributed by atoms with van der Waals surface area (Å²) in [5, 5.41) is 12.9. The third-order valence-corrected chi connectivity index (χ3v) is 5.58. The van der Waals surface area contributed by atoms with Gasteiger partial charge in [-0.2, -0.15) is 0 Å². The largest absolute Gasteiger partial charge is 0.481 e. The number of nitrogens with one attached hydrogen (secondary N) is 2. The standard InChI is InChI=1S/C12H18N2O5S2/c1-9(12(16)17)4-6-13-10(15)5-7-14-21(18,19)11-3-2-8-20-11/h2-3,8-9,14H,4-7H2,1H3,(H,13,15)(H,16,17). The summed E-state index contributed by atoms with van der Waals surface area (Å²) in [5.41, 5.74) is 0. The smallest absolute Gasteiger partial charge is 0.306 e. The number of rotatable bonds is 9. The lowest BCUT2D eigenvalue weighted by Crippen LogP contribution is -2.31. The zero-order valence-electron chi connectivity index (χ0n) is 11.5. The monoisotopic (exact) mass is 334 g/mol. The van der Waals surface area contributed by atoms with Crippen LogP contribution >= 0.6 is 11.3 Å². The minimum absolute atomic E-state index is 0.000546. The number of thiophene rings is 1. The molecule has 7 nitrogen and oxygen atoms in total. The summed E-state index contributed by atoms with van der Waals surface area (Å²) in [6.45, 7) is 1.81. The molecule has 1 aromatic heterocycles. The summed E-state index contributed by atoms with van der Waals surface area (Å²) < 4.78 is 26.1. The Morgan fingerprint density at radius 1 is 1.38 bits per heavy atom. The third kappa shape index (κ3) is 6.23. The van der Waals surface area contributed by atoms with Gasteiger partial charge in [0.2, 0.25) is 15.9 Å². The molecule has 0 aromatic carbocycles. The maximum absolute atomic E-state index is 11.8. The van der Waals surface area contributed by atoms with Crippen molar-refractivity contribution >= 4 is 33.2 Å². The van der Waals surface area contributed by atoms with E-state index in [2.05, 4.69) is 10.0 Å². The Bertz CT molecular complexity index is 568. The minimum atomic E-state index is -3.55. The third-order valence-electron chi connectivity index (χ3n) is 2.73. The van der Waals surface area contributed by atoms with E-state index in [0.29, 0.717) is 6.42 Å². The molecule has 0 aliphatic carbocycles. The molecule has 1 atom stereocenters. The Hall–Kier alpha value is -1.45. The van der Waals surface area contributed by atoms with Gasteiger partial charge in [-0.05, 0) is 17.9 Å². The van der Waals surface area contributed by atoms with E-state index in [0.717, 1.165) is 11.3 Å². The van der Waals surface area contributed by atoms with E-state index in [4.69, 9.17) is 5.11 Å². The molecule has 0 aliphatic rings. The first kappa shape index (κ1) is 17.6. The van der Waals surface area contributed by atoms with Gasteiger partial charge < -0.3 is 10.4 Å². The van der Waals surface area contributed by atoms with Gasteiger partial charge in [0.1, 0.15) is 4.21 Å². The number of carboxylic acids is 1. The molecule has 0 aliphatic heterocycles. The number of sulfonamides is 1.